The van der Waals surface area contributed by atoms with Crippen LogP contribution in [0.5, 0.6) is 0 Å². The molecule has 0 fully saturated rings. The molecule has 1 rings (SSSR count). The number of halogens is 4. The second-order valence-corrected chi connectivity index (χ2v) is 3.84. The Morgan fingerprint density at radius 3 is 2.54 bits per heavy atom. The first-order chi connectivity index (χ1) is 6.15. The predicted octanol–water partition coefficient (Wildman–Crippen LogP) is 4.14. The van der Waals surface area contributed by atoms with E-state index in [4.69, 9.17) is 0 Å². The normalized spacial score (nSPS) is 11.1. The van der Waals surface area contributed by atoms with Crippen molar-refractivity contribution in [3.63, 3.8) is 0 Å². The summed E-state index contributed by atoms with van der Waals surface area (Å²) >= 11 is 6.25. The molecule has 1 aromatic rings. The number of benzene rings is 1. The number of alkyl halides is 1. The fourth-order valence-electron chi connectivity index (χ4n) is 0.875. The second kappa shape index (κ2) is 4.86. The third kappa shape index (κ3) is 2.88. The molecule has 0 unspecified atom stereocenters. The summed E-state index contributed by atoms with van der Waals surface area (Å²) in [7, 11) is 0. The summed E-state index contributed by atoms with van der Waals surface area (Å²) in [5, 5.41) is 0.635. The molecule has 0 bridgehead atoms. The molecule has 0 amide bonds. The van der Waals surface area contributed by atoms with Gasteiger partial charge in [0.15, 0.2) is 0 Å². The van der Waals surface area contributed by atoms with Gasteiger partial charge in [0.05, 0.1) is 0 Å². The number of hydrogen-bond donors (Lipinski definition) is 0. The SMILES string of the molecule is Fc1cc(F)c(C=CCBr)c(Br)c1. The van der Waals surface area contributed by atoms with Crippen LogP contribution in [0, 0.1) is 11.6 Å². The standard InChI is InChI=1S/C9H6Br2F2/c10-3-1-2-7-8(11)4-6(12)5-9(7)13/h1-2,4-5H,3H2. The van der Waals surface area contributed by atoms with E-state index in [2.05, 4.69) is 31.9 Å². The molecule has 0 saturated carbocycles. The highest BCUT2D eigenvalue weighted by molar-refractivity contribution is 9.10. The summed E-state index contributed by atoms with van der Waals surface area (Å²) in [6.07, 6.45) is 3.33. The highest BCUT2D eigenvalue weighted by atomic mass is 79.9. The number of allylic oxidation sites excluding steroid dienone is 1. The maximum absolute atomic E-state index is 13.1. The first-order valence-corrected chi connectivity index (χ1v) is 5.43. The van der Waals surface area contributed by atoms with Crippen molar-refractivity contribution in [3.05, 3.63) is 39.9 Å². The van der Waals surface area contributed by atoms with Gasteiger partial charge in [-0.15, -0.1) is 0 Å². The van der Waals surface area contributed by atoms with Crippen LogP contribution < -0.4 is 0 Å². The molecule has 0 atom stereocenters. The van der Waals surface area contributed by atoms with E-state index < -0.39 is 11.6 Å². The van der Waals surface area contributed by atoms with Gasteiger partial charge in [-0.25, -0.2) is 8.78 Å². The molecule has 13 heavy (non-hydrogen) atoms. The van der Waals surface area contributed by atoms with Crippen LogP contribution in [-0.4, -0.2) is 5.33 Å². The van der Waals surface area contributed by atoms with Crippen LogP contribution in [0.15, 0.2) is 22.7 Å². The fraction of sp³-hybridized carbons (Fsp3) is 0.111. The Hall–Kier alpha value is -0.220. The minimum absolute atomic E-state index is 0.362. The van der Waals surface area contributed by atoms with Crippen molar-refractivity contribution in [1.82, 2.24) is 0 Å². The summed E-state index contributed by atoms with van der Waals surface area (Å²) in [6.45, 7) is 0. The lowest BCUT2D eigenvalue weighted by molar-refractivity contribution is 0.580. The number of rotatable bonds is 2. The molecule has 0 aliphatic carbocycles. The Labute approximate surface area is 91.9 Å². The Kier molecular flexibility index (Phi) is 4.06. The van der Waals surface area contributed by atoms with Gasteiger partial charge in [0.2, 0.25) is 0 Å². The van der Waals surface area contributed by atoms with Crippen LogP contribution in [0.1, 0.15) is 5.56 Å². The van der Waals surface area contributed by atoms with Crippen molar-refractivity contribution in [2.45, 2.75) is 0 Å². The van der Waals surface area contributed by atoms with Crippen molar-refractivity contribution in [2.24, 2.45) is 0 Å². The maximum Gasteiger partial charge on any atom is 0.134 e. The zero-order chi connectivity index (χ0) is 9.84. The molecule has 4 heteroatoms. The highest BCUT2D eigenvalue weighted by Gasteiger charge is 2.05. The van der Waals surface area contributed by atoms with Gasteiger partial charge in [0, 0.05) is 21.4 Å². The van der Waals surface area contributed by atoms with Crippen LogP contribution in [0.4, 0.5) is 8.78 Å². The zero-order valence-electron chi connectivity index (χ0n) is 6.53. The Bertz CT molecular complexity index is 311. The van der Waals surface area contributed by atoms with Gasteiger partial charge in [-0.1, -0.05) is 28.1 Å². The molecule has 0 saturated heterocycles. The van der Waals surface area contributed by atoms with Crippen molar-refractivity contribution in [2.75, 3.05) is 5.33 Å². The van der Waals surface area contributed by atoms with E-state index in [9.17, 15) is 8.78 Å². The average Bonchev–Trinajstić information content (AvgIpc) is 2.02. The van der Waals surface area contributed by atoms with Gasteiger partial charge in [-0.3, -0.25) is 0 Å². The van der Waals surface area contributed by atoms with E-state index in [0.717, 1.165) is 6.07 Å². The molecule has 1 aromatic carbocycles. The van der Waals surface area contributed by atoms with Crippen LogP contribution in [-0.2, 0) is 0 Å². The summed E-state index contributed by atoms with van der Waals surface area (Å²) in [6, 6.07) is 2.09. The van der Waals surface area contributed by atoms with E-state index in [-0.39, 0.29) is 0 Å². The van der Waals surface area contributed by atoms with Crippen molar-refractivity contribution < 1.29 is 8.78 Å². The Morgan fingerprint density at radius 1 is 1.31 bits per heavy atom. The minimum atomic E-state index is -0.583. The average molecular weight is 312 g/mol. The molecule has 0 spiro atoms. The van der Waals surface area contributed by atoms with E-state index in [1.54, 1.807) is 12.2 Å². The highest BCUT2D eigenvalue weighted by Crippen LogP contribution is 2.22. The smallest absolute Gasteiger partial charge is 0.134 e. The van der Waals surface area contributed by atoms with Gasteiger partial charge in [-0.05, 0) is 22.0 Å². The second-order valence-electron chi connectivity index (χ2n) is 2.34. The van der Waals surface area contributed by atoms with Crippen LogP contribution in [0.3, 0.4) is 0 Å². The van der Waals surface area contributed by atoms with Gasteiger partial charge in [0.1, 0.15) is 11.6 Å². The lowest BCUT2D eigenvalue weighted by Gasteiger charge is -2.00. The summed E-state index contributed by atoms with van der Waals surface area (Å²) in [5.41, 5.74) is 0.362. The fourth-order valence-corrected chi connectivity index (χ4v) is 1.60. The van der Waals surface area contributed by atoms with E-state index in [1.165, 1.54) is 6.07 Å². The topological polar surface area (TPSA) is 0 Å². The zero-order valence-corrected chi connectivity index (χ0v) is 9.70. The number of hydrogen-bond acceptors (Lipinski definition) is 0. The van der Waals surface area contributed by atoms with Gasteiger partial charge in [-0.2, -0.15) is 0 Å². The molecule has 70 valence electrons. The van der Waals surface area contributed by atoms with E-state index in [1.807, 2.05) is 0 Å². The third-order valence-corrected chi connectivity index (χ3v) is 2.45. The quantitative estimate of drug-likeness (QED) is 0.720. The Balaban J connectivity index is 3.13. The molecule has 0 nitrogen and oxygen atoms in total. The largest absolute Gasteiger partial charge is 0.207 e. The summed E-state index contributed by atoms with van der Waals surface area (Å²) < 4.78 is 26.1. The van der Waals surface area contributed by atoms with Crippen LogP contribution >= 0.6 is 31.9 Å². The molecular formula is C9H6Br2F2. The molecule has 0 aliphatic heterocycles. The molecular weight excluding hydrogens is 306 g/mol. The first-order valence-electron chi connectivity index (χ1n) is 3.52. The lowest BCUT2D eigenvalue weighted by Crippen LogP contribution is -1.86. The lowest BCUT2D eigenvalue weighted by atomic mass is 10.2. The van der Waals surface area contributed by atoms with Crippen LogP contribution in [0.25, 0.3) is 6.08 Å². The van der Waals surface area contributed by atoms with E-state index >= 15 is 0 Å². The van der Waals surface area contributed by atoms with Crippen molar-refractivity contribution in [1.29, 1.82) is 0 Å². The minimum Gasteiger partial charge on any atom is -0.207 e. The summed E-state index contributed by atoms with van der Waals surface area (Å²) in [4.78, 5) is 0. The maximum atomic E-state index is 13.1. The predicted molar refractivity (Wildman–Crippen MR) is 56.9 cm³/mol. The van der Waals surface area contributed by atoms with Gasteiger partial charge < -0.3 is 0 Å². The van der Waals surface area contributed by atoms with Crippen molar-refractivity contribution in [3.8, 4) is 0 Å². The van der Waals surface area contributed by atoms with Gasteiger partial charge >= 0.3 is 0 Å². The molecule has 0 aromatic heterocycles. The van der Waals surface area contributed by atoms with Crippen molar-refractivity contribution >= 4 is 37.9 Å². The third-order valence-electron chi connectivity index (χ3n) is 1.42. The Morgan fingerprint density at radius 2 is 2.00 bits per heavy atom. The summed E-state index contributed by atoms with van der Waals surface area (Å²) in [5.74, 6) is -1.15. The monoisotopic (exact) mass is 310 g/mol. The molecule has 0 aliphatic rings. The molecule has 0 N–H and O–H groups in total. The van der Waals surface area contributed by atoms with Crippen LogP contribution in [0.2, 0.25) is 0 Å². The molecule has 0 radical (unpaired) electrons. The first kappa shape index (κ1) is 10.9. The molecule has 0 heterocycles. The van der Waals surface area contributed by atoms with E-state index in [0.29, 0.717) is 15.4 Å². The van der Waals surface area contributed by atoms with Gasteiger partial charge in [0.25, 0.3) is 0 Å².